The van der Waals surface area contributed by atoms with Gasteiger partial charge in [0.1, 0.15) is 0 Å². The monoisotopic (exact) mass is 221 g/mol. The largest absolute Gasteiger partial charge is 0.370 e. The van der Waals surface area contributed by atoms with Crippen molar-refractivity contribution in [2.24, 2.45) is 0 Å². The molecule has 1 aromatic rings. The quantitative estimate of drug-likeness (QED) is 0.451. The van der Waals surface area contributed by atoms with E-state index < -0.39 is 12.6 Å². The molecule has 83 valence electrons. The van der Waals surface area contributed by atoms with E-state index in [1.54, 1.807) is 0 Å². The Bertz CT molecular complexity index is 288. The van der Waals surface area contributed by atoms with E-state index in [-0.39, 0.29) is 5.56 Å². The van der Waals surface area contributed by atoms with Crippen molar-refractivity contribution in [3.63, 3.8) is 0 Å². The van der Waals surface area contributed by atoms with Gasteiger partial charge in [-0.05, 0) is 6.07 Å². The molecule has 0 aliphatic heterocycles. The first-order chi connectivity index (χ1) is 7.14. The van der Waals surface area contributed by atoms with Gasteiger partial charge in [-0.2, -0.15) is 18.6 Å². The van der Waals surface area contributed by atoms with E-state index in [2.05, 4.69) is 20.6 Å². The van der Waals surface area contributed by atoms with E-state index in [9.17, 15) is 8.78 Å². The minimum atomic E-state index is -3.31. The molecule has 0 fully saturated rings. The van der Waals surface area contributed by atoms with Gasteiger partial charge in [0.15, 0.2) is 0 Å². The van der Waals surface area contributed by atoms with E-state index in [0.717, 1.165) is 0 Å². The van der Waals surface area contributed by atoms with Crippen LogP contribution in [0.15, 0.2) is 24.3 Å². The lowest BCUT2D eigenvalue weighted by atomic mass is 10.2. The maximum atomic E-state index is 12.0. The summed E-state index contributed by atoms with van der Waals surface area (Å²) in [5, 5.41) is 16.9. The summed E-state index contributed by atoms with van der Waals surface area (Å²) in [6.07, 6.45) is 0. The van der Waals surface area contributed by atoms with Crippen LogP contribution in [-0.2, 0) is 20.5 Å². The van der Waals surface area contributed by atoms with E-state index in [1.165, 1.54) is 24.3 Å². The molecule has 1 aromatic carbocycles. The highest BCUT2D eigenvalue weighted by molar-refractivity contribution is 5.17. The predicted molar refractivity (Wildman–Crippen MR) is 41.5 cm³/mol. The maximum Gasteiger partial charge on any atom is 0.370 e. The van der Waals surface area contributed by atoms with E-state index in [0.29, 0.717) is 0 Å². The molecule has 7 heteroatoms. The average Bonchev–Trinajstić information content (AvgIpc) is 2.27. The van der Waals surface area contributed by atoms with E-state index in [4.69, 9.17) is 10.5 Å². The molecule has 0 aliphatic rings. The first-order valence-electron chi connectivity index (χ1n) is 3.72. The summed E-state index contributed by atoms with van der Waals surface area (Å²) in [7, 11) is 0. The molecule has 0 unspecified atom stereocenters. The fraction of sp³-hybridized carbons (Fsp3) is 0.250. The van der Waals surface area contributed by atoms with Crippen LogP contribution >= 0.6 is 0 Å². The van der Waals surface area contributed by atoms with Gasteiger partial charge in [0.05, 0.1) is 0 Å². The van der Waals surface area contributed by atoms with Crippen LogP contribution < -0.4 is 0 Å². The van der Waals surface area contributed by atoms with Crippen LogP contribution in [0, 0.1) is 6.07 Å². The van der Waals surface area contributed by atoms with Crippen LogP contribution in [0.5, 0.6) is 0 Å². The molecule has 15 heavy (non-hydrogen) atoms. The van der Waals surface area contributed by atoms with Gasteiger partial charge in [0, 0.05) is 5.56 Å². The zero-order valence-electron chi connectivity index (χ0n) is 7.26. The summed E-state index contributed by atoms with van der Waals surface area (Å²) >= 11 is 0. The lowest BCUT2D eigenvalue weighted by Crippen LogP contribution is -2.36. The standard InChI is InChI=1S/C8H7F2O5/c9-7(10)13-8(14-11,15-12)6-4-2-1-3-5-6/h2-5,7,11-12H. The third kappa shape index (κ3) is 2.67. The molecule has 0 saturated heterocycles. The summed E-state index contributed by atoms with van der Waals surface area (Å²) in [4.78, 5) is 7.19. The number of hydrogen-bond donors (Lipinski definition) is 2. The Morgan fingerprint density at radius 3 is 2.13 bits per heavy atom. The van der Waals surface area contributed by atoms with Crippen molar-refractivity contribution in [2.75, 3.05) is 0 Å². The van der Waals surface area contributed by atoms with E-state index in [1.807, 2.05) is 0 Å². The van der Waals surface area contributed by atoms with Crippen molar-refractivity contribution in [2.45, 2.75) is 12.6 Å². The highest BCUT2D eigenvalue weighted by atomic mass is 19.3. The highest BCUT2D eigenvalue weighted by Crippen LogP contribution is 2.29. The molecule has 0 aromatic heterocycles. The zero-order valence-corrected chi connectivity index (χ0v) is 7.26. The Balaban J connectivity index is 3.00. The Kier molecular flexibility index (Phi) is 4.06. The SMILES string of the molecule is OOC(OO)(OC(F)F)c1cc[c]cc1. The smallest absolute Gasteiger partial charge is 0.257 e. The summed E-state index contributed by atoms with van der Waals surface area (Å²) in [5.74, 6) is -2.76. The number of ether oxygens (including phenoxy) is 1. The molecule has 0 atom stereocenters. The molecule has 0 amide bonds. The molecule has 2 N–H and O–H groups in total. The Hall–Kier alpha value is -1.12. The summed E-state index contributed by atoms with van der Waals surface area (Å²) in [6, 6.07) is 7.66. The Morgan fingerprint density at radius 1 is 1.20 bits per heavy atom. The van der Waals surface area contributed by atoms with Gasteiger partial charge < -0.3 is 0 Å². The fourth-order valence-corrected chi connectivity index (χ4v) is 0.941. The van der Waals surface area contributed by atoms with Crippen molar-refractivity contribution < 1.29 is 33.8 Å². The summed E-state index contributed by atoms with van der Waals surface area (Å²) < 4.78 is 27.8. The molecular weight excluding hydrogens is 214 g/mol. The molecule has 0 saturated carbocycles. The van der Waals surface area contributed by atoms with Crippen molar-refractivity contribution >= 4 is 0 Å². The topological polar surface area (TPSA) is 68.2 Å². The van der Waals surface area contributed by atoms with Crippen LogP contribution in [0.25, 0.3) is 0 Å². The van der Waals surface area contributed by atoms with Gasteiger partial charge in [-0.25, -0.2) is 10.5 Å². The lowest BCUT2D eigenvalue weighted by molar-refractivity contribution is -0.588. The number of halogens is 2. The zero-order chi connectivity index (χ0) is 11.3. The summed E-state index contributed by atoms with van der Waals surface area (Å²) in [6.45, 7) is -3.31. The van der Waals surface area contributed by atoms with Gasteiger partial charge in [-0.1, -0.05) is 24.3 Å². The minimum Gasteiger partial charge on any atom is -0.257 e. The van der Waals surface area contributed by atoms with Crippen LogP contribution in [0.4, 0.5) is 8.78 Å². The Morgan fingerprint density at radius 2 is 1.73 bits per heavy atom. The first kappa shape index (κ1) is 12.0. The van der Waals surface area contributed by atoms with Crippen LogP contribution in [-0.4, -0.2) is 17.1 Å². The molecule has 0 heterocycles. The predicted octanol–water partition coefficient (Wildman–Crippen LogP) is 1.82. The van der Waals surface area contributed by atoms with Crippen LogP contribution in [0.3, 0.4) is 0 Å². The van der Waals surface area contributed by atoms with Crippen LogP contribution in [0.2, 0.25) is 0 Å². The molecule has 0 spiro atoms. The number of benzene rings is 1. The second kappa shape index (κ2) is 5.10. The van der Waals surface area contributed by atoms with Gasteiger partial charge in [0.2, 0.25) is 0 Å². The molecule has 0 aliphatic carbocycles. The van der Waals surface area contributed by atoms with Crippen molar-refractivity contribution in [1.82, 2.24) is 0 Å². The molecule has 5 nitrogen and oxygen atoms in total. The number of hydrogen-bond acceptors (Lipinski definition) is 5. The maximum absolute atomic E-state index is 12.0. The van der Waals surface area contributed by atoms with Gasteiger partial charge in [0.25, 0.3) is 0 Å². The second-order valence-electron chi connectivity index (χ2n) is 2.41. The lowest BCUT2D eigenvalue weighted by Gasteiger charge is -2.25. The van der Waals surface area contributed by atoms with Crippen LogP contribution in [0.1, 0.15) is 5.56 Å². The fourth-order valence-electron chi connectivity index (χ4n) is 0.941. The van der Waals surface area contributed by atoms with Crippen molar-refractivity contribution in [1.29, 1.82) is 0 Å². The second-order valence-corrected chi connectivity index (χ2v) is 2.41. The summed E-state index contributed by atoms with van der Waals surface area (Å²) in [5.41, 5.74) is -0.161. The van der Waals surface area contributed by atoms with Crippen molar-refractivity contribution in [3.05, 3.63) is 35.9 Å². The number of alkyl halides is 2. The first-order valence-corrected chi connectivity index (χ1v) is 3.72. The van der Waals surface area contributed by atoms with Gasteiger partial charge >= 0.3 is 12.6 Å². The third-order valence-corrected chi connectivity index (χ3v) is 1.56. The van der Waals surface area contributed by atoms with Crippen molar-refractivity contribution in [3.8, 4) is 0 Å². The normalized spacial score (nSPS) is 12.1. The molecular formula is C8H7F2O5. The van der Waals surface area contributed by atoms with Gasteiger partial charge in [-0.3, -0.25) is 4.74 Å². The molecule has 1 rings (SSSR count). The number of rotatable bonds is 5. The minimum absolute atomic E-state index is 0.161. The van der Waals surface area contributed by atoms with E-state index >= 15 is 0 Å². The highest BCUT2D eigenvalue weighted by Gasteiger charge is 2.41. The molecule has 1 radical (unpaired) electrons. The third-order valence-electron chi connectivity index (χ3n) is 1.56. The molecule has 0 bridgehead atoms. The Labute approximate surface area is 83.3 Å². The van der Waals surface area contributed by atoms with Gasteiger partial charge in [-0.15, -0.1) is 0 Å². The average molecular weight is 221 g/mol.